The molecule has 0 aromatic heterocycles. The second-order valence-corrected chi connectivity index (χ2v) is 8.12. The van der Waals surface area contributed by atoms with Crippen LogP contribution in [0.3, 0.4) is 0 Å². The minimum absolute atomic E-state index is 0.0277. The summed E-state index contributed by atoms with van der Waals surface area (Å²) in [5.41, 5.74) is 7.90. The van der Waals surface area contributed by atoms with Crippen molar-refractivity contribution in [2.24, 2.45) is 11.8 Å². The number of hydrogen-bond acceptors (Lipinski definition) is 5. The molecule has 5 heteroatoms. The molecule has 5 nitrogen and oxygen atoms in total. The summed E-state index contributed by atoms with van der Waals surface area (Å²) in [4.78, 5) is 17.1. The lowest BCUT2D eigenvalue weighted by atomic mass is 9.92. The summed E-state index contributed by atoms with van der Waals surface area (Å²) >= 11 is 0. The smallest absolute Gasteiger partial charge is 0.309 e. The van der Waals surface area contributed by atoms with Crippen LogP contribution in [0.5, 0.6) is 0 Å². The molecule has 150 valence electrons. The number of esters is 1. The number of hydrogen-bond donors (Lipinski definition) is 1. The Hall–Kier alpha value is -1.75. The molecule has 0 aliphatic carbocycles. The highest BCUT2D eigenvalue weighted by Crippen LogP contribution is 2.26. The molecule has 3 rings (SSSR count). The molecule has 0 atom stereocenters. The number of ether oxygens (including phenoxy) is 1. The van der Waals surface area contributed by atoms with Crippen LogP contribution in [-0.4, -0.2) is 50.2 Å². The van der Waals surface area contributed by atoms with Crippen LogP contribution in [0.2, 0.25) is 0 Å². The van der Waals surface area contributed by atoms with E-state index in [0.717, 1.165) is 63.5 Å². The molecule has 0 radical (unpaired) electrons. The first-order chi connectivity index (χ1) is 13.2. The van der Waals surface area contributed by atoms with Crippen LogP contribution in [0, 0.1) is 11.8 Å². The van der Waals surface area contributed by atoms with Crippen molar-refractivity contribution in [3.05, 3.63) is 24.3 Å². The standard InChI is InChI=1S/C22H35N3O2/c1-2-3-16-27-22(26)19-10-12-24(13-11-19)17-18-8-14-25(15-9-18)21-6-4-20(23)5-7-21/h4-7,18-19H,2-3,8-17,23H2,1H3. The quantitative estimate of drug-likeness (QED) is 0.450. The summed E-state index contributed by atoms with van der Waals surface area (Å²) < 4.78 is 5.40. The number of benzene rings is 1. The van der Waals surface area contributed by atoms with E-state index < -0.39 is 0 Å². The number of nitrogens with two attached hydrogens (primary N) is 1. The Balaban J connectivity index is 1.35. The number of likely N-dealkylation sites (tertiary alicyclic amines) is 1. The Labute approximate surface area is 163 Å². The maximum absolute atomic E-state index is 12.1. The summed E-state index contributed by atoms with van der Waals surface area (Å²) in [6, 6.07) is 8.22. The van der Waals surface area contributed by atoms with Gasteiger partial charge in [-0.1, -0.05) is 13.3 Å². The Morgan fingerprint density at radius 3 is 2.37 bits per heavy atom. The number of carbonyl (C=O) groups is 1. The van der Waals surface area contributed by atoms with E-state index in [4.69, 9.17) is 10.5 Å². The summed E-state index contributed by atoms with van der Waals surface area (Å²) in [6.45, 7) is 8.18. The Morgan fingerprint density at radius 2 is 1.74 bits per heavy atom. The molecule has 2 heterocycles. The van der Waals surface area contributed by atoms with Crippen molar-refractivity contribution in [1.82, 2.24) is 4.90 Å². The van der Waals surface area contributed by atoms with Gasteiger partial charge in [0.2, 0.25) is 0 Å². The first kappa shape index (κ1) is 20.0. The molecule has 1 aromatic carbocycles. The lowest BCUT2D eigenvalue weighted by Gasteiger charge is -2.38. The molecule has 0 saturated carbocycles. The molecule has 1 aromatic rings. The van der Waals surface area contributed by atoms with E-state index in [1.807, 2.05) is 12.1 Å². The highest BCUT2D eigenvalue weighted by atomic mass is 16.5. The zero-order valence-electron chi connectivity index (χ0n) is 16.7. The Bertz CT molecular complexity index is 574. The van der Waals surface area contributed by atoms with Gasteiger partial charge in [0.15, 0.2) is 0 Å². The van der Waals surface area contributed by atoms with Crippen LogP contribution >= 0.6 is 0 Å². The average molecular weight is 374 g/mol. The molecule has 2 saturated heterocycles. The van der Waals surface area contributed by atoms with E-state index in [9.17, 15) is 4.79 Å². The van der Waals surface area contributed by atoms with Crippen molar-refractivity contribution in [3.63, 3.8) is 0 Å². The van der Waals surface area contributed by atoms with Gasteiger partial charge in [-0.2, -0.15) is 0 Å². The van der Waals surface area contributed by atoms with Gasteiger partial charge >= 0.3 is 5.97 Å². The molecule has 0 unspecified atom stereocenters. The van der Waals surface area contributed by atoms with Gasteiger partial charge in [0.1, 0.15) is 0 Å². The first-order valence-corrected chi connectivity index (χ1v) is 10.6. The van der Waals surface area contributed by atoms with Crippen molar-refractivity contribution in [1.29, 1.82) is 0 Å². The predicted octanol–water partition coefficient (Wildman–Crippen LogP) is 3.54. The molecule has 0 bridgehead atoms. The molecule has 2 aliphatic rings. The third-order valence-electron chi connectivity index (χ3n) is 6.05. The van der Waals surface area contributed by atoms with Crippen LogP contribution in [0.15, 0.2) is 24.3 Å². The Morgan fingerprint density at radius 1 is 1.07 bits per heavy atom. The molecular weight excluding hydrogens is 338 g/mol. The zero-order valence-corrected chi connectivity index (χ0v) is 16.7. The van der Waals surface area contributed by atoms with E-state index in [0.29, 0.717) is 6.61 Å². The lowest BCUT2D eigenvalue weighted by molar-refractivity contribution is -0.150. The van der Waals surface area contributed by atoms with Gasteiger partial charge in [-0.25, -0.2) is 0 Å². The fraction of sp³-hybridized carbons (Fsp3) is 0.682. The molecule has 2 aliphatic heterocycles. The monoisotopic (exact) mass is 373 g/mol. The minimum atomic E-state index is 0.0277. The van der Waals surface area contributed by atoms with Crippen LogP contribution in [0.25, 0.3) is 0 Å². The highest BCUT2D eigenvalue weighted by molar-refractivity contribution is 5.72. The fourth-order valence-electron chi connectivity index (χ4n) is 4.21. The van der Waals surface area contributed by atoms with Crippen LogP contribution in [0.1, 0.15) is 45.4 Å². The van der Waals surface area contributed by atoms with Gasteiger partial charge in [-0.15, -0.1) is 0 Å². The van der Waals surface area contributed by atoms with Crippen molar-refractivity contribution in [2.45, 2.75) is 45.4 Å². The molecule has 27 heavy (non-hydrogen) atoms. The van der Waals surface area contributed by atoms with Gasteiger partial charge in [0.25, 0.3) is 0 Å². The zero-order chi connectivity index (χ0) is 19.1. The van der Waals surface area contributed by atoms with Gasteiger partial charge in [-0.05, 0) is 75.4 Å². The second kappa shape index (κ2) is 9.98. The summed E-state index contributed by atoms with van der Waals surface area (Å²) in [6.07, 6.45) is 6.43. The summed E-state index contributed by atoms with van der Waals surface area (Å²) in [5, 5.41) is 0. The lowest BCUT2D eigenvalue weighted by Crippen LogP contribution is -2.42. The third-order valence-corrected chi connectivity index (χ3v) is 6.05. The molecule has 2 N–H and O–H groups in total. The molecule has 0 amide bonds. The average Bonchev–Trinajstić information content (AvgIpc) is 2.70. The largest absolute Gasteiger partial charge is 0.465 e. The van der Waals surface area contributed by atoms with Crippen LogP contribution in [0.4, 0.5) is 11.4 Å². The number of anilines is 2. The van der Waals surface area contributed by atoms with Crippen molar-refractivity contribution < 1.29 is 9.53 Å². The van der Waals surface area contributed by atoms with Crippen molar-refractivity contribution >= 4 is 17.3 Å². The van der Waals surface area contributed by atoms with E-state index in [-0.39, 0.29) is 11.9 Å². The Kier molecular flexibility index (Phi) is 7.39. The number of piperidine rings is 2. The van der Waals surface area contributed by atoms with E-state index in [2.05, 4.69) is 28.9 Å². The first-order valence-electron chi connectivity index (χ1n) is 10.6. The van der Waals surface area contributed by atoms with Gasteiger partial charge in [0, 0.05) is 31.0 Å². The second-order valence-electron chi connectivity index (χ2n) is 8.12. The van der Waals surface area contributed by atoms with Crippen molar-refractivity contribution in [3.8, 4) is 0 Å². The number of rotatable bonds is 7. The molecule has 0 spiro atoms. The normalized spacial score (nSPS) is 20.0. The number of nitrogen functional groups attached to an aromatic ring is 1. The maximum Gasteiger partial charge on any atom is 0.309 e. The third kappa shape index (κ3) is 5.86. The topological polar surface area (TPSA) is 58.8 Å². The van der Waals surface area contributed by atoms with Gasteiger partial charge in [-0.3, -0.25) is 4.79 Å². The van der Waals surface area contributed by atoms with Gasteiger partial charge in [0.05, 0.1) is 12.5 Å². The maximum atomic E-state index is 12.1. The van der Waals surface area contributed by atoms with E-state index in [1.165, 1.54) is 25.1 Å². The van der Waals surface area contributed by atoms with E-state index in [1.54, 1.807) is 0 Å². The highest BCUT2D eigenvalue weighted by Gasteiger charge is 2.28. The molecular formula is C22H35N3O2. The van der Waals surface area contributed by atoms with Crippen LogP contribution in [-0.2, 0) is 9.53 Å². The summed E-state index contributed by atoms with van der Waals surface area (Å²) in [5.74, 6) is 0.911. The summed E-state index contributed by atoms with van der Waals surface area (Å²) in [7, 11) is 0. The SMILES string of the molecule is CCCCOC(=O)C1CCN(CC2CCN(c3ccc(N)cc3)CC2)CC1. The molecule has 2 fully saturated rings. The van der Waals surface area contributed by atoms with Crippen LogP contribution < -0.4 is 10.6 Å². The number of nitrogens with zero attached hydrogens (tertiary/aromatic N) is 2. The number of unbranched alkanes of at least 4 members (excludes halogenated alkanes) is 1. The minimum Gasteiger partial charge on any atom is -0.465 e. The fourth-order valence-corrected chi connectivity index (χ4v) is 4.21. The predicted molar refractivity (Wildman–Crippen MR) is 111 cm³/mol. The van der Waals surface area contributed by atoms with E-state index >= 15 is 0 Å². The van der Waals surface area contributed by atoms with Gasteiger partial charge < -0.3 is 20.3 Å². The number of carbonyl (C=O) groups excluding carboxylic acids is 1. The van der Waals surface area contributed by atoms with Crippen molar-refractivity contribution in [2.75, 3.05) is 50.0 Å².